The van der Waals surface area contributed by atoms with Gasteiger partial charge in [-0.3, -0.25) is 29.0 Å². The van der Waals surface area contributed by atoms with Crippen molar-refractivity contribution < 1.29 is 29.4 Å². The number of carboxylic acid groups (broad SMARTS) is 2. The monoisotopic (exact) mass is 485 g/mol. The summed E-state index contributed by atoms with van der Waals surface area (Å²) in [5.74, 6) is -2.24. The Labute approximate surface area is 202 Å². The number of anilines is 1. The van der Waals surface area contributed by atoms with Gasteiger partial charge in [0, 0.05) is 74.0 Å². The normalized spacial score (nSPS) is 18.0. The number of aliphatic carboxylic acids is 2. The molecule has 2 amide bonds. The first-order chi connectivity index (χ1) is 16.8. The molecule has 4 rings (SSSR count). The Kier molecular flexibility index (Phi) is 7.67. The highest BCUT2D eigenvalue weighted by atomic mass is 16.4. The summed E-state index contributed by atoms with van der Waals surface area (Å²) in [5.41, 5.74) is 1.82. The quantitative estimate of drug-likeness (QED) is 0.416. The van der Waals surface area contributed by atoms with E-state index in [1.807, 2.05) is 9.80 Å². The number of rotatable bonds is 9. The molecule has 0 saturated carbocycles. The number of aromatic amines is 1. The van der Waals surface area contributed by atoms with Crippen LogP contribution in [-0.4, -0.2) is 99.5 Å². The van der Waals surface area contributed by atoms with Gasteiger partial charge in [-0.05, 0) is 25.0 Å². The summed E-state index contributed by atoms with van der Waals surface area (Å²) in [7, 11) is 0. The van der Waals surface area contributed by atoms with E-state index in [-0.39, 0.29) is 18.7 Å². The second-order valence-corrected chi connectivity index (χ2v) is 9.09. The second-order valence-electron chi connectivity index (χ2n) is 9.09. The number of piperazine rings is 1. The fraction of sp³-hybridized carbons (Fsp3) is 0.500. The van der Waals surface area contributed by atoms with Gasteiger partial charge < -0.3 is 25.4 Å². The largest absolute Gasteiger partial charge is 0.481 e. The van der Waals surface area contributed by atoms with Crippen LogP contribution < -0.4 is 5.32 Å². The van der Waals surface area contributed by atoms with Crippen LogP contribution in [0.3, 0.4) is 0 Å². The number of likely N-dealkylation sites (tertiary alicyclic amines) is 1. The maximum absolute atomic E-state index is 12.5. The van der Waals surface area contributed by atoms with Crippen LogP contribution >= 0.6 is 0 Å². The number of H-pyrrole nitrogens is 1. The van der Waals surface area contributed by atoms with Crippen molar-refractivity contribution in [2.45, 2.75) is 31.7 Å². The highest BCUT2D eigenvalue weighted by molar-refractivity contribution is 5.96. The third kappa shape index (κ3) is 5.98. The lowest BCUT2D eigenvalue weighted by Gasteiger charge is -2.37. The van der Waals surface area contributed by atoms with Crippen molar-refractivity contribution in [2.24, 2.45) is 0 Å². The van der Waals surface area contributed by atoms with E-state index in [4.69, 9.17) is 5.11 Å². The summed E-state index contributed by atoms with van der Waals surface area (Å²) in [6, 6.07) is 4.31. The van der Waals surface area contributed by atoms with Crippen LogP contribution in [0.2, 0.25) is 0 Å². The number of amides is 2. The third-order valence-electron chi connectivity index (χ3n) is 6.68. The zero-order valence-corrected chi connectivity index (χ0v) is 19.5. The molecule has 1 aromatic carbocycles. The van der Waals surface area contributed by atoms with Gasteiger partial charge in [-0.15, -0.1) is 0 Å². The van der Waals surface area contributed by atoms with Crippen molar-refractivity contribution in [1.82, 2.24) is 19.7 Å². The maximum atomic E-state index is 12.5. The molecule has 188 valence electrons. The molecule has 0 bridgehead atoms. The van der Waals surface area contributed by atoms with Gasteiger partial charge in [0.25, 0.3) is 0 Å². The summed E-state index contributed by atoms with van der Waals surface area (Å²) in [5, 5.41) is 22.2. The number of hydrogen-bond donors (Lipinski definition) is 4. The molecule has 0 aliphatic carbocycles. The average molecular weight is 486 g/mol. The molecule has 2 fully saturated rings. The Bertz CT molecular complexity index is 1100. The number of nitrogens with one attached hydrogen (secondary N) is 2. The molecule has 1 atom stereocenters. The van der Waals surface area contributed by atoms with E-state index in [0.717, 1.165) is 31.3 Å². The fourth-order valence-corrected chi connectivity index (χ4v) is 4.82. The summed E-state index contributed by atoms with van der Waals surface area (Å²) >= 11 is 0. The van der Waals surface area contributed by atoms with Crippen molar-refractivity contribution in [3.8, 4) is 0 Å². The first kappa shape index (κ1) is 24.7. The highest BCUT2D eigenvalue weighted by Crippen LogP contribution is 2.31. The Morgan fingerprint density at radius 1 is 0.971 bits per heavy atom. The Balaban J connectivity index is 1.40. The molecular formula is C24H31N5O6. The number of nitrogens with zero attached hydrogens (tertiary/aromatic N) is 3. The fourth-order valence-electron chi connectivity index (χ4n) is 4.82. The van der Waals surface area contributed by atoms with Crippen LogP contribution in [0.1, 0.15) is 37.3 Å². The Hall–Kier alpha value is -3.44. The van der Waals surface area contributed by atoms with E-state index in [0.29, 0.717) is 49.5 Å². The zero-order chi connectivity index (χ0) is 24.9. The second kappa shape index (κ2) is 10.9. The van der Waals surface area contributed by atoms with E-state index in [1.54, 1.807) is 24.4 Å². The van der Waals surface area contributed by atoms with Crippen molar-refractivity contribution in [2.75, 3.05) is 51.1 Å². The van der Waals surface area contributed by atoms with Gasteiger partial charge in [0.15, 0.2) is 0 Å². The molecule has 0 radical (unpaired) electrons. The highest BCUT2D eigenvalue weighted by Gasteiger charge is 2.33. The van der Waals surface area contributed by atoms with Crippen LogP contribution in [0.4, 0.5) is 5.69 Å². The van der Waals surface area contributed by atoms with Crippen molar-refractivity contribution in [3.05, 3.63) is 30.0 Å². The van der Waals surface area contributed by atoms with E-state index >= 15 is 0 Å². The number of benzene rings is 1. The lowest BCUT2D eigenvalue weighted by Crippen LogP contribution is -2.51. The smallest absolute Gasteiger partial charge is 0.325 e. The minimum atomic E-state index is -1.04. The zero-order valence-electron chi connectivity index (χ0n) is 19.5. The van der Waals surface area contributed by atoms with Crippen LogP contribution in [0.15, 0.2) is 24.4 Å². The summed E-state index contributed by atoms with van der Waals surface area (Å²) in [6.07, 6.45) is 3.43. The number of carbonyl (C=O) groups excluding carboxylic acids is 2. The van der Waals surface area contributed by atoms with E-state index in [2.05, 4.69) is 15.2 Å². The first-order valence-corrected chi connectivity index (χ1v) is 11.9. The molecule has 11 nitrogen and oxygen atoms in total. The molecule has 2 saturated heterocycles. The van der Waals surface area contributed by atoms with Crippen LogP contribution in [0, 0.1) is 0 Å². The Morgan fingerprint density at radius 3 is 2.34 bits per heavy atom. The topological polar surface area (TPSA) is 146 Å². The van der Waals surface area contributed by atoms with Crippen molar-refractivity contribution >= 4 is 40.3 Å². The lowest BCUT2D eigenvalue weighted by atomic mass is 10.0. The molecule has 0 unspecified atom stereocenters. The first-order valence-electron chi connectivity index (χ1n) is 11.9. The van der Waals surface area contributed by atoms with Gasteiger partial charge in [0.1, 0.15) is 6.04 Å². The summed E-state index contributed by atoms with van der Waals surface area (Å²) < 4.78 is 0. The number of carbonyl (C=O) groups is 4. The molecule has 2 aliphatic rings. The van der Waals surface area contributed by atoms with Crippen LogP contribution in [0.25, 0.3) is 10.9 Å². The summed E-state index contributed by atoms with van der Waals surface area (Å²) in [4.78, 5) is 56.3. The van der Waals surface area contributed by atoms with Gasteiger partial charge in [0.2, 0.25) is 11.8 Å². The third-order valence-corrected chi connectivity index (χ3v) is 6.68. The van der Waals surface area contributed by atoms with Gasteiger partial charge in [0.05, 0.1) is 13.0 Å². The Morgan fingerprint density at radius 2 is 1.69 bits per heavy atom. The maximum Gasteiger partial charge on any atom is 0.325 e. The minimum Gasteiger partial charge on any atom is -0.481 e. The van der Waals surface area contributed by atoms with Gasteiger partial charge in [-0.1, -0.05) is 6.07 Å². The van der Waals surface area contributed by atoms with Crippen LogP contribution in [-0.2, 0) is 19.2 Å². The molecule has 0 spiro atoms. The van der Waals surface area contributed by atoms with Crippen molar-refractivity contribution in [3.63, 3.8) is 0 Å². The van der Waals surface area contributed by atoms with Crippen LogP contribution in [0.5, 0.6) is 0 Å². The predicted molar refractivity (Wildman–Crippen MR) is 128 cm³/mol. The molecule has 4 N–H and O–H groups in total. The van der Waals surface area contributed by atoms with E-state index < -0.39 is 23.9 Å². The predicted octanol–water partition coefficient (Wildman–Crippen LogP) is 1.34. The standard InChI is InChI=1S/C24H31N5O6/c30-20(5-6-22(32)33)26-16-3-4-17-18(14-25-19(17)13-16)23(24(34)35)29-11-9-27(10-12-29)15-21(31)28-7-1-2-8-28/h3-4,13-14,23,25H,1-2,5-12,15H2,(H,26,30)(H,32,33)(H,34,35)/t23-/m0/s1. The molecule has 1 aromatic heterocycles. The minimum absolute atomic E-state index is 0.125. The van der Waals surface area contributed by atoms with Gasteiger partial charge >= 0.3 is 11.9 Å². The average Bonchev–Trinajstić information content (AvgIpc) is 3.49. The number of carboxylic acids is 2. The van der Waals surface area contributed by atoms with Crippen molar-refractivity contribution in [1.29, 1.82) is 0 Å². The number of fused-ring (bicyclic) bond motifs is 1. The molecular weight excluding hydrogens is 454 g/mol. The molecule has 11 heteroatoms. The molecule has 35 heavy (non-hydrogen) atoms. The van der Waals surface area contributed by atoms with E-state index in [1.165, 1.54) is 0 Å². The molecule has 2 aromatic rings. The van der Waals surface area contributed by atoms with Gasteiger partial charge in [-0.2, -0.15) is 0 Å². The number of aromatic nitrogens is 1. The van der Waals surface area contributed by atoms with Gasteiger partial charge in [-0.25, -0.2) is 0 Å². The molecule has 2 aliphatic heterocycles. The van der Waals surface area contributed by atoms with E-state index in [9.17, 15) is 24.3 Å². The SMILES string of the molecule is O=C(O)CCC(=O)Nc1ccc2c([C@@H](C(=O)O)N3CCN(CC(=O)N4CCCC4)CC3)c[nH]c2c1. The molecule has 3 heterocycles. The summed E-state index contributed by atoms with van der Waals surface area (Å²) in [6.45, 7) is 4.35. The lowest BCUT2D eigenvalue weighted by molar-refractivity contribution is -0.145. The number of hydrogen-bond acceptors (Lipinski definition) is 6.